The Kier molecular flexibility index (Phi) is 5.81. The summed E-state index contributed by atoms with van der Waals surface area (Å²) in [5.74, 6) is 0.792. The van der Waals surface area contributed by atoms with Crippen molar-refractivity contribution in [1.29, 1.82) is 0 Å². The third-order valence-electron chi connectivity index (χ3n) is 6.16. The molecule has 23 heavy (non-hydrogen) atoms. The number of likely N-dealkylation sites (tertiary alicyclic amines) is 3. The highest BCUT2D eigenvalue weighted by Gasteiger charge is 2.39. The van der Waals surface area contributed by atoms with Gasteiger partial charge in [0.2, 0.25) is 0 Å². The van der Waals surface area contributed by atoms with Gasteiger partial charge in [-0.15, -0.1) is 0 Å². The maximum atomic E-state index is 6.33. The van der Waals surface area contributed by atoms with Gasteiger partial charge in [-0.2, -0.15) is 0 Å². The molecule has 3 heterocycles. The summed E-state index contributed by atoms with van der Waals surface area (Å²) in [6.07, 6.45) is 10.4. The third-order valence-corrected chi connectivity index (χ3v) is 6.16. The van der Waals surface area contributed by atoms with E-state index in [9.17, 15) is 0 Å². The molecule has 3 aliphatic heterocycles. The topological polar surface area (TPSA) is 48.1 Å². The predicted molar refractivity (Wildman–Crippen MR) is 96.8 cm³/mol. The highest BCUT2D eigenvalue weighted by Crippen LogP contribution is 2.31. The molecule has 132 valence electrons. The maximum Gasteiger partial charge on any atom is 0.191 e. The Morgan fingerprint density at radius 1 is 0.870 bits per heavy atom. The lowest BCUT2D eigenvalue weighted by atomic mass is 9.84. The highest BCUT2D eigenvalue weighted by atomic mass is 15.3. The van der Waals surface area contributed by atoms with Crippen LogP contribution in [0.3, 0.4) is 0 Å². The molecule has 0 aromatic carbocycles. The van der Waals surface area contributed by atoms with Gasteiger partial charge in [0.25, 0.3) is 0 Å². The van der Waals surface area contributed by atoms with Crippen molar-refractivity contribution in [2.75, 3.05) is 52.9 Å². The molecule has 0 aromatic rings. The first-order valence-corrected chi connectivity index (χ1v) is 9.68. The first-order chi connectivity index (χ1) is 11.2. The second-order valence-electron chi connectivity index (χ2n) is 7.80. The van der Waals surface area contributed by atoms with E-state index in [1.54, 1.807) is 0 Å². The van der Waals surface area contributed by atoms with Gasteiger partial charge in [0.1, 0.15) is 0 Å². The zero-order valence-corrected chi connectivity index (χ0v) is 15.0. The number of aliphatic imine (C=N–C) groups is 1. The molecule has 0 spiro atoms. The van der Waals surface area contributed by atoms with Crippen molar-refractivity contribution in [2.45, 2.75) is 56.9 Å². The van der Waals surface area contributed by atoms with Gasteiger partial charge in [0.15, 0.2) is 5.96 Å². The normalized spacial score (nSPS) is 28.0. The van der Waals surface area contributed by atoms with E-state index in [2.05, 4.69) is 21.7 Å². The van der Waals surface area contributed by atoms with Crippen molar-refractivity contribution < 1.29 is 0 Å². The molecular formula is C18H35N5. The summed E-state index contributed by atoms with van der Waals surface area (Å²) < 4.78 is 0. The molecule has 5 nitrogen and oxygen atoms in total. The van der Waals surface area contributed by atoms with Crippen LogP contribution < -0.4 is 5.73 Å². The van der Waals surface area contributed by atoms with Crippen LogP contribution in [0.5, 0.6) is 0 Å². The predicted octanol–water partition coefficient (Wildman–Crippen LogP) is 1.74. The Bertz CT molecular complexity index is 388. The van der Waals surface area contributed by atoms with Crippen LogP contribution in [0, 0.1) is 0 Å². The molecule has 0 atom stereocenters. The first-order valence-electron chi connectivity index (χ1n) is 9.68. The van der Waals surface area contributed by atoms with Crippen molar-refractivity contribution in [3.63, 3.8) is 0 Å². The summed E-state index contributed by atoms with van der Waals surface area (Å²) in [4.78, 5) is 12.4. The Hall–Kier alpha value is -0.810. The van der Waals surface area contributed by atoms with Crippen LogP contribution in [0.1, 0.15) is 51.4 Å². The van der Waals surface area contributed by atoms with Crippen LogP contribution in [0.4, 0.5) is 0 Å². The number of nitrogens with zero attached hydrogens (tertiary/aromatic N) is 4. The number of hydrogen-bond donors (Lipinski definition) is 1. The fourth-order valence-corrected chi connectivity index (χ4v) is 4.43. The minimum Gasteiger partial charge on any atom is -0.370 e. The highest BCUT2D eigenvalue weighted by molar-refractivity contribution is 5.78. The molecule has 3 rings (SSSR count). The van der Waals surface area contributed by atoms with E-state index in [-0.39, 0.29) is 5.54 Å². The molecule has 0 saturated carbocycles. The summed E-state index contributed by atoms with van der Waals surface area (Å²) in [7, 11) is 2.24. The first kappa shape index (κ1) is 17.0. The Morgan fingerprint density at radius 2 is 1.43 bits per heavy atom. The summed E-state index contributed by atoms with van der Waals surface area (Å²) in [5, 5.41) is 0. The summed E-state index contributed by atoms with van der Waals surface area (Å²) >= 11 is 0. The van der Waals surface area contributed by atoms with Gasteiger partial charge >= 0.3 is 0 Å². The van der Waals surface area contributed by atoms with Crippen LogP contribution in [0.25, 0.3) is 0 Å². The molecule has 0 aliphatic carbocycles. The number of piperidine rings is 3. The van der Waals surface area contributed by atoms with Crippen LogP contribution in [-0.4, -0.2) is 79.1 Å². The average molecular weight is 322 g/mol. The van der Waals surface area contributed by atoms with Crippen molar-refractivity contribution in [3.8, 4) is 0 Å². The zero-order valence-electron chi connectivity index (χ0n) is 15.0. The van der Waals surface area contributed by atoms with E-state index in [4.69, 9.17) is 10.7 Å². The van der Waals surface area contributed by atoms with Crippen LogP contribution in [0.15, 0.2) is 4.99 Å². The van der Waals surface area contributed by atoms with Crippen molar-refractivity contribution >= 4 is 5.96 Å². The molecule has 2 N–H and O–H groups in total. The van der Waals surface area contributed by atoms with Gasteiger partial charge in [-0.25, -0.2) is 0 Å². The van der Waals surface area contributed by atoms with E-state index in [1.165, 1.54) is 77.5 Å². The lowest BCUT2D eigenvalue weighted by Gasteiger charge is -2.49. The smallest absolute Gasteiger partial charge is 0.191 e. The number of guanidine groups is 1. The lowest BCUT2D eigenvalue weighted by Crippen LogP contribution is -2.58. The van der Waals surface area contributed by atoms with Gasteiger partial charge in [-0.3, -0.25) is 9.89 Å². The minimum absolute atomic E-state index is 0.257. The van der Waals surface area contributed by atoms with Crippen LogP contribution in [0.2, 0.25) is 0 Å². The van der Waals surface area contributed by atoms with Crippen LogP contribution in [-0.2, 0) is 0 Å². The molecule has 3 saturated heterocycles. The SMILES string of the molecule is CN1CCC(CN=C(N)N2CCCCC2)(N2CCCCC2)CC1. The standard InChI is InChI=1S/C18H35N5/c1-21-14-8-18(9-15-21,23-12-6-3-7-13-23)16-20-17(19)22-10-4-2-5-11-22/h2-16H2,1H3,(H2,19,20). The molecule has 5 heteroatoms. The minimum atomic E-state index is 0.257. The van der Waals surface area contributed by atoms with E-state index in [0.29, 0.717) is 0 Å². The molecule has 3 aliphatic rings. The number of nitrogens with two attached hydrogens (primary N) is 1. The van der Waals surface area contributed by atoms with Crippen molar-refractivity contribution in [1.82, 2.24) is 14.7 Å². The van der Waals surface area contributed by atoms with Crippen molar-refractivity contribution in [3.05, 3.63) is 0 Å². The quantitative estimate of drug-likeness (QED) is 0.635. The van der Waals surface area contributed by atoms with Gasteiger partial charge in [-0.05, 0) is 78.2 Å². The second kappa shape index (κ2) is 7.84. The van der Waals surface area contributed by atoms with E-state index >= 15 is 0 Å². The summed E-state index contributed by atoms with van der Waals surface area (Å²) in [6.45, 7) is 7.96. The Balaban J connectivity index is 1.67. The van der Waals surface area contributed by atoms with E-state index < -0.39 is 0 Å². The zero-order chi connectivity index (χ0) is 16.1. The van der Waals surface area contributed by atoms with Gasteiger partial charge in [0.05, 0.1) is 6.54 Å². The Morgan fingerprint density at radius 3 is 2.04 bits per heavy atom. The number of hydrogen-bond acceptors (Lipinski definition) is 3. The second-order valence-corrected chi connectivity index (χ2v) is 7.80. The van der Waals surface area contributed by atoms with Gasteiger partial charge < -0.3 is 15.5 Å². The molecule has 0 unspecified atom stereocenters. The maximum absolute atomic E-state index is 6.33. The van der Waals surface area contributed by atoms with Crippen molar-refractivity contribution in [2.24, 2.45) is 10.7 Å². The largest absolute Gasteiger partial charge is 0.370 e. The molecule has 0 aromatic heterocycles. The number of rotatable bonds is 3. The van der Waals surface area contributed by atoms with E-state index in [0.717, 1.165) is 25.6 Å². The monoisotopic (exact) mass is 321 g/mol. The fourth-order valence-electron chi connectivity index (χ4n) is 4.43. The molecule has 0 bridgehead atoms. The molecule has 0 amide bonds. The van der Waals surface area contributed by atoms with E-state index in [1.807, 2.05) is 0 Å². The van der Waals surface area contributed by atoms with Gasteiger partial charge in [0, 0.05) is 18.6 Å². The summed E-state index contributed by atoms with van der Waals surface area (Å²) in [6, 6.07) is 0. The molecular weight excluding hydrogens is 286 g/mol. The van der Waals surface area contributed by atoms with Crippen LogP contribution >= 0.6 is 0 Å². The fraction of sp³-hybridized carbons (Fsp3) is 0.944. The van der Waals surface area contributed by atoms with Gasteiger partial charge in [-0.1, -0.05) is 6.42 Å². The third kappa shape index (κ3) is 4.18. The Labute approximate surface area is 141 Å². The molecule has 0 radical (unpaired) electrons. The summed E-state index contributed by atoms with van der Waals surface area (Å²) in [5.41, 5.74) is 6.59. The lowest BCUT2D eigenvalue weighted by molar-refractivity contribution is 0.0207. The average Bonchev–Trinajstić information content (AvgIpc) is 2.63. The molecule has 3 fully saturated rings.